The molecule has 0 fully saturated rings. The van der Waals surface area contributed by atoms with Crippen LogP contribution in [0.2, 0.25) is 0 Å². The molecule has 0 aliphatic rings. The summed E-state index contributed by atoms with van der Waals surface area (Å²) in [6.45, 7) is 1.37. The monoisotopic (exact) mass is 280 g/mol. The van der Waals surface area contributed by atoms with Crippen LogP contribution >= 0.6 is 0 Å². The van der Waals surface area contributed by atoms with Crippen molar-refractivity contribution in [2.75, 3.05) is 44.5 Å². The number of hydrogen-bond donors (Lipinski definition) is 4. The van der Waals surface area contributed by atoms with Gasteiger partial charge in [0, 0.05) is 32.1 Å². The van der Waals surface area contributed by atoms with Crippen LogP contribution in [0.5, 0.6) is 0 Å². The third kappa shape index (κ3) is 6.17. The molecule has 7 heteroatoms. The Morgan fingerprint density at radius 3 is 2.55 bits per heavy atom. The van der Waals surface area contributed by atoms with Crippen LogP contribution in [0.15, 0.2) is 24.3 Å². The van der Waals surface area contributed by atoms with E-state index in [0.717, 1.165) is 0 Å². The van der Waals surface area contributed by atoms with Crippen LogP contribution in [0.1, 0.15) is 0 Å². The van der Waals surface area contributed by atoms with Crippen LogP contribution in [-0.2, 0) is 9.53 Å². The largest absolute Gasteiger partial charge is 0.383 e. The third-order valence-corrected chi connectivity index (χ3v) is 2.40. The standard InChI is InChI=1S/C13H20N4O3/c1-14-13(19)17-11-5-3-4-10(8-11)16-12(18)9-15-6-7-20-2/h3-5,8,15H,6-7,9H2,1-2H3,(H,16,18)(H2,14,17,19). The van der Waals surface area contributed by atoms with Crippen LogP contribution < -0.4 is 21.3 Å². The van der Waals surface area contributed by atoms with E-state index in [2.05, 4.69) is 21.3 Å². The normalized spacial score (nSPS) is 9.90. The molecule has 0 unspecified atom stereocenters. The zero-order valence-electron chi connectivity index (χ0n) is 11.7. The van der Waals surface area contributed by atoms with Gasteiger partial charge in [0.05, 0.1) is 13.2 Å². The molecule has 1 aromatic carbocycles. The highest BCUT2D eigenvalue weighted by Gasteiger charge is 2.03. The molecule has 0 atom stereocenters. The van der Waals surface area contributed by atoms with Gasteiger partial charge in [-0.15, -0.1) is 0 Å². The Morgan fingerprint density at radius 2 is 1.90 bits per heavy atom. The van der Waals surface area contributed by atoms with E-state index in [4.69, 9.17) is 4.74 Å². The maximum Gasteiger partial charge on any atom is 0.318 e. The molecule has 0 spiro atoms. The summed E-state index contributed by atoms with van der Waals surface area (Å²) < 4.78 is 4.86. The number of urea groups is 1. The second-order valence-corrected chi connectivity index (χ2v) is 4.00. The lowest BCUT2D eigenvalue weighted by Crippen LogP contribution is -2.30. The highest BCUT2D eigenvalue weighted by Crippen LogP contribution is 2.14. The van der Waals surface area contributed by atoms with Crippen LogP contribution in [-0.4, -0.2) is 45.8 Å². The minimum atomic E-state index is -0.310. The maximum atomic E-state index is 11.7. The Morgan fingerprint density at radius 1 is 1.20 bits per heavy atom. The van der Waals surface area contributed by atoms with Gasteiger partial charge in [0.2, 0.25) is 5.91 Å². The van der Waals surface area contributed by atoms with Gasteiger partial charge >= 0.3 is 6.03 Å². The summed E-state index contributed by atoms with van der Waals surface area (Å²) in [4.78, 5) is 22.8. The molecule has 0 saturated heterocycles. The van der Waals surface area contributed by atoms with Gasteiger partial charge in [-0.05, 0) is 18.2 Å². The molecular weight excluding hydrogens is 260 g/mol. The molecule has 1 aromatic rings. The van der Waals surface area contributed by atoms with E-state index in [1.165, 1.54) is 7.05 Å². The molecule has 7 nitrogen and oxygen atoms in total. The molecule has 4 N–H and O–H groups in total. The van der Waals surface area contributed by atoms with Crippen molar-refractivity contribution in [3.8, 4) is 0 Å². The van der Waals surface area contributed by atoms with Crippen LogP contribution in [0, 0.1) is 0 Å². The van der Waals surface area contributed by atoms with Crippen molar-refractivity contribution < 1.29 is 14.3 Å². The van der Waals surface area contributed by atoms with E-state index < -0.39 is 0 Å². The summed E-state index contributed by atoms with van der Waals surface area (Å²) in [7, 11) is 3.14. The van der Waals surface area contributed by atoms with E-state index in [1.807, 2.05) is 0 Å². The Labute approximate surface area is 118 Å². The second-order valence-electron chi connectivity index (χ2n) is 4.00. The van der Waals surface area contributed by atoms with Crippen molar-refractivity contribution in [2.24, 2.45) is 0 Å². The SMILES string of the molecule is CNC(=O)Nc1cccc(NC(=O)CNCCOC)c1. The molecule has 0 radical (unpaired) electrons. The predicted molar refractivity (Wildman–Crippen MR) is 77.9 cm³/mol. The van der Waals surface area contributed by atoms with Gasteiger partial charge < -0.3 is 26.0 Å². The molecule has 3 amide bonds. The number of amides is 3. The average molecular weight is 280 g/mol. The number of anilines is 2. The molecule has 0 heterocycles. The van der Waals surface area contributed by atoms with Gasteiger partial charge in [0.15, 0.2) is 0 Å². The van der Waals surface area contributed by atoms with E-state index in [9.17, 15) is 9.59 Å². The smallest absolute Gasteiger partial charge is 0.318 e. The number of benzene rings is 1. The summed E-state index contributed by atoms with van der Waals surface area (Å²) >= 11 is 0. The lowest BCUT2D eigenvalue weighted by Gasteiger charge is -2.09. The van der Waals surface area contributed by atoms with Crippen molar-refractivity contribution in [3.05, 3.63) is 24.3 Å². The van der Waals surface area contributed by atoms with Crippen LogP contribution in [0.25, 0.3) is 0 Å². The summed E-state index contributed by atoms with van der Waals surface area (Å²) in [6, 6.07) is 6.61. The first-order chi connectivity index (χ1) is 9.65. The van der Waals surface area contributed by atoms with Gasteiger partial charge in [0.25, 0.3) is 0 Å². The summed E-state index contributed by atoms with van der Waals surface area (Å²) in [5, 5.41) is 10.8. The van der Waals surface area contributed by atoms with Gasteiger partial charge in [-0.2, -0.15) is 0 Å². The minimum absolute atomic E-state index is 0.154. The number of rotatable bonds is 7. The maximum absolute atomic E-state index is 11.7. The number of methoxy groups -OCH3 is 1. The first kappa shape index (κ1) is 15.9. The number of ether oxygens (including phenoxy) is 1. The summed E-state index contributed by atoms with van der Waals surface area (Å²) in [6.07, 6.45) is 0. The Kier molecular flexibility index (Phi) is 7.08. The minimum Gasteiger partial charge on any atom is -0.383 e. The molecule has 0 aliphatic heterocycles. The summed E-state index contributed by atoms with van der Waals surface area (Å²) in [5.41, 5.74) is 1.23. The first-order valence-corrected chi connectivity index (χ1v) is 6.24. The van der Waals surface area contributed by atoms with Crippen LogP contribution in [0.3, 0.4) is 0 Å². The summed E-state index contributed by atoms with van der Waals surface area (Å²) in [5.74, 6) is -0.154. The van der Waals surface area contributed by atoms with Crippen molar-refractivity contribution in [2.45, 2.75) is 0 Å². The van der Waals surface area contributed by atoms with Gasteiger partial charge in [-0.1, -0.05) is 6.07 Å². The van der Waals surface area contributed by atoms with E-state index >= 15 is 0 Å². The van der Waals surface area contributed by atoms with Crippen molar-refractivity contribution in [1.82, 2.24) is 10.6 Å². The van der Waals surface area contributed by atoms with Crippen LogP contribution in [0.4, 0.5) is 16.2 Å². The molecule has 110 valence electrons. The quantitative estimate of drug-likeness (QED) is 0.551. The average Bonchev–Trinajstić information content (AvgIpc) is 2.44. The van der Waals surface area contributed by atoms with E-state index in [0.29, 0.717) is 24.5 Å². The van der Waals surface area contributed by atoms with Gasteiger partial charge in [-0.3, -0.25) is 4.79 Å². The fourth-order valence-corrected chi connectivity index (χ4v) is 1.45. The zero-order valence-corrected chi connectivity index (χ0v) is 11.7. The lowest BCUT2D eigenvalue weighted by molar-refractivity contribution is -0.115. The number of hydrogen-bond acceptors (Lipinski definition) is 4. The topological polar surface area (TPSA) is 91.5 Å². The molecular formula is C13H20N4O3. The fourth-order valence-electron chi connectivity index (χ4n) is 1.45. The number of carbonyl (C=O) groups excluding carboxylic acids is 2. The van der Waals surface area contributed by atoms with E-state index in [-0.39, 0.29) is 18.5 Å². The lowest BCUT2D eigenvalue weighted by atomic mass is 10.2. The van der Waals surface area contributed by atoms with Crippen molar-refractivity contribution in [3.63, 3.8) is 0 Å². The predicted octanol–water partition coefficient (Wildman–Crippen LogP) is 0.612. The molecule has 0 aromatic heterocycles. The number of nitrogens with one attached hydrogen (secondary N) is 4. The van der Waals surface area contributed by atoms with Gasteiger partial charge in [0.1, 0.15) is 0 Å². The van der Waals surface area contributed by atoms with Gasteiger partial charge in [-0.25, -0.2) is 4.79 Å². The molecule has 0 bridgehead atoms. The molecule has 1 rings (SSSR count). The fraction of sp³-hybridized carbons (Fsp3) is 0.385. The Balaban J connectivity index is 2.45. The van der Waals surface area contributed by atoms with Crippen molar-refractivity contribution >= 4 is 23.3 Å². The second kappa shape index (κ2) is 8.89. The molecule has 0 aliphatic carbocycles. The first-order valence-electron chi connectivity index (χ1n) is 6.24. The Bertz CT molecular complexity index is 451. The highest BCUT2D eigenvalue weighted by molar-refractivity contribution is 5.94. The molecule has 20 heavy (non-hydrogen) atoms. The zero-order chi connectivity index (χ0) is 14.8. The highest BCUT2D eigenvalue weighted by atomic mass is 16.5. The van der Waals surface area contributed by atoms with E-state index in [1.54, 1.807) is 31.4 Å². The molecule has 0 saturated carbocycles. The van der Waals surface area contributed by atoms with Crippen molar-refractivity contribution in [1.29, 1.82) is 0 Å². The Hall–Kier alpha value is -2.12. The number of carbonyl (C=O) groups is 2. The third-order valence-electron chi connectivity index (χ3n) is 2.40.